The van der Waals surface area contributed by atoms with Crippen molar-refractivity contribution in [2.45, 2.75) is 5.38 Å². The first-order valence-corrected chi connectivity index (χ1v) is 4.41. The van der Waals surface area contributed by atoms with Crippen LogP contribution in [-0.4, -0.2) is 13.0 Å². The Kier molecular flexibility index (Phi) is 3.57. The molecule has 0 fully saturated rings. The Bertz CT molecular complexity index is 397. The third-order valence-electron chi connectivity index (χ3n) is 1.79. The lowest BCUT2D eigenvalue weighted by Gasteiger charge is -2.09. The van der Waals surface area contributed by atoms with Crippen molar-refractivity contribution >= 4 is 17.5 Å². The highest BCUT2D eigenvalue weighted by Crippen LogP contribution is 2.25. The summed E-state index contributed by atoms with van der Waals surface area (Å²) in [4.78, 5) is 11.0. The van der Waals surface area contributed by atoms with Gasteiger partial charge in [-0.15, -0.1) is 11.6 Å². The SMILES string of the molecule is CNC(=O)C(Cl)c1cc(F)c(F)cc1F. The van der Waals surface area contributed by atoms with E-state index in [0.717, 1.165) is 0 Å². The number of hydrogen-bond donors (Lipinski definition) is 1. The van der Waals surface area contributed by atoms with E-state index >= 15 is 0 Å². The number of benzene rings is 1. The summed E-state index contributed by atoms with van der Waals surface area (Å²) in [6.07, 6.45) is 0. The normalized spacial score (nSPS) is 12.3. The largest absolute Gasteiger partial charge is 0.358 e. The van der Waals surface area contributed by atoms with Crippen molar-refractivity contribution in [1.82, 2.24) is 5.32 Å². The molecule has 0 radical (unpaired) electrons. The third kappa shape index (κ3) is 2.41. The van der Waals surface area contributed by atoms with Crippen molar-refractivity contribution in [3.63, 3.8) is 0 Å². The molecule has 82 valence electrons. The Labute approximate surface area is 89.0 Å². The molecule has 1 N–H and O–H groups in total. The van der Waals surface area contributed by atoms with Crippen LogP contribution in [0.4, 0.5) is 13.2 Å². The average molecular weight is 238 g/mol. The number of likely N-dealkylation sites (N-methyl/N-ethyl adjacent to an activating group) is 1. The minimum atomic E-state index is -1.38. The van der Waals surface area contributed by atoms with Crippen LogP contribution >= 0.6 is 11.6 Å². The quantitative estimate of drug-likeness (QED) is 0.620. The molecule has 0 bridgehead atoms. The van der Waals surface area contributed by atoms with Crippen LogP contribution in [0.5, 0.6) is 0 Å². The molecule has 1 atom stereocenters. The molecule has 0 heterocycles. The maximum Gasteiger partial charge on any atom is 0.242 e. The van der Waals surface area contributed by atoms with Gasteiger partial charge in [-0.05, 0) is 6.07 Å². The molecule has 2 nitrogen and oxygen atoms in total. The van der Waals surface area contributed by atoms with Crippen LogP contribution in [0, 0.1) is 17.5 Å². The molecule has 1 aromatic rings. The number of rotatable bonds is 2. The van der Waals surface area contributed by atoms with Gasteiger partial charge >= 0.3 is 0 Å². The van der Waals surface area contributed by atoms with E-state index in [-0.39, 0.29) is 0 Å². The first-order valence-electron chi connectivity index (χ1n) is 3.97. The van der Waals surface area contributed by atoms with E-state index in [1.807, 2.05) is 0 Å². The van der Waals surface area contributed by atoms with E-state index in [2.05, 4.69) is 5.32 Å². The fourth-order valence-corrected chi connectivity index (χ4v) is 1.28. The highest BCUT2D eigenvalue weighted by Gasteiger charge is 2.22. The van der Waals surface area contributed by atoms with Gasteiger partial charge in [-0.3, -0.25) is 4.79 Å². The standard InChI is InChI=1S/C9H7ClF3NO/c1-14-9(15)8(10)4-2-6(12)7(13)3-5(4)11/h2-3,8H,1H3,(H,14,15). The zero-order valence-electron chi connectivity index (χ0n) is 7.65. The fraction of sp³-hybridized carbons (Fsp3) is 0.222. The van der Waals surface area contributed by atoms with Gasteiger partial charge in [0.05, 0.1) is 0 Å². The molecule has 0 aliphatic heterocycles. The Morgan fingerprint density at radius 2 is 1.80 bits per heavy atom. The van der Waals surface area contributed by atoms with Gasteiger partial charge in [0.2, 0.25) is 5.91 Å². The predicted molar refractivity (Wildman–Crippen MR) is 49.0 cm³/mol. The first-order chi connectivity index (χ1) is 6.97. The van der Waals surface area contributed by atoms with E-state index in [4.69, 9.17) is 11.6 Å². The van der Waals surface area contributed by atoms with Gasteiger partial charge in [-0.2, -0.15) is 0 Å². The number of nitrogens with one attached hydrogen (secondary N) is 1. The van der Waals surface area contributed by atoms with Gasteiger partial charge in [-0.1, -0.05) is 0 Å². The van der Waals surface area contributed by atoms with Crippen LogP contribution in [0.2, 0.25) is 0 Å². The second-order valence-corrected chi connectivity index (χ2v) is 3.20. The molecule has 0 spiro atoms. The number of hydrogen-bond acceptors (Lipinski definition) is 1. The summed E-state index contributed by atoms with van der Waals surface area (Å²) < 4.78 is 38.4. The zero-order chi connectivity index (χ0) is 11.6. The summed E-state index contributed by atoms with van der Waals surface area (Å²) in [5.74, 6) is -4.32. The zero-order valence-corrected chi connectivity index (χ0v) is 8.41. The van der Waals surface area contributed by atoms with Gasteiger partial charge < -0.3 is 5.32 Å². The number of amides is 1. The van der Waals surface area contributed by atoms with E-state index in [1.165, 1.54) is 7.05 Å². The average Bonchev–Trinajstić information content (AvgIpc) is 2.21. The van der Waals surface area contributed by atoms with Gasteiger partial charge in [0.1, 0.15) is 11.2 Å². The van der Waals surface area contributed by atoms with Crippen molar-refractivity contribution in [1.29, 1.82) is 0 Å². The highest BCUT2D eigenvalue weighted by atomic mass is 35.5. The maximum atomic E-state index is 13.1. The Morgan fingerprint density at radius 1 is 1.27 bits per heavy atom. The Morgan fingerprint density at radius 3 is 2.33 bits per heavy atom. The number of carbonyl (C=O) groups excluding carboxylic acids is 1. The van der Waals surface area contributed by atoms with E-state index < -0.39 is 34.3 Å². The molecule has 1 unspecified atom stereocenters. The third-order valence-corrected chi connectivity index (χ3v) is 2.22. The van der Waals surface area contributed by atoms with Crippen LogP contribution in [0.25, 0.3) is 0 Å². The highest BCUT2D eigenvalue weighted by molar-refractivity contribution is 6.30. The van der Waals surface area contributed by atoms with Crippen LogP contribution in [0.1, 0.15) is 10.9 Å². The monoisotopic (exact) mass is 237 g/mol. The fourth-order valence-electron chi connectivity index (χ4n) is 1.00. The summed E-state index contributed by atoms with van der Waals surface area (Å²) in [5.41, 5.74) is -0.394. The van der Waals surface area contributed by atoms with Crippen LogP contribution in [-0.2, 0) is 4.79 Å². The smallest absolute Gasteiger partial charge is 0.242 e. The summed E-state index contributed by atoms with van der Waals surface area (Å²) in [6, 6.07) is 0.917. The second-order valence-electron chi connectivity index (χ2n) is 2.76. The van der Waals surface area contributed by atoms with Gasteiger partial charge in [0.25, 0.3) is 0 Å². The lowest BCUT2D eigenvalue weighted by molar-refractivity contribution is -0.120. The lowest BCUT2D eigenvalue weighted by Crippen LogP contribution is -2.23. The van der Waals surface area contributed by atoms with Crippen molar-refractivity contribution in [3.8, 4) is 0 Å². The van der Waals surface area contributed by atoms with Crippen molar-refractivity contribution in [2.75, 3.05) is 7.05 Å². The van der Waals surface area contributed by atoms with E-state index in [0.29, 0.717) is 12.1 Å². The Balaban J connectivity index is 3.14. The number of alkyl halides is 1. The summed E-state index contributed by atoms with van der Waals surface area (Å²) >= 11 is 5.55. The van der Waals surface area contributed by atoms with Crippen LogP contribution < -0.4 is 5.32 Å². The van der Waals surface area contributed by atoms with Crippen molar-refractivity contribution in [3.05, 3.63) is 35.1 Å². The molecule has 0 aliphatic rings. The molecular weight excluding hydrogens is 231 g/mol. The molecule has 1 aromatic carbocycles. The second kappa shape index (κ2) is 4.53. The number of halogens is 4. The molecule has 1 rings (SSSR count). The van der Waals surface area contributed by atoms with Crippen molar-refractivity contribution in [2.24, 2.45) is 0 Å². The summed E-state index contributed by atoms with van der Waals surface area (Å²) in [5, 5.41) is 0.787. The van der Waals surface area contributed by atoms with Gasteiger partial charge in [-0.25, -0.2) is 13.2 Å². The van der Waals surface area contributed by atoms with Crippen LogP contribution in [0.15, 0.2) is 12.1 Å². The first kappa shape index (κ1) is 11.8. The number of carbonyl (C=O) groups is 1. The molecule has 0 aromatic heterocycles. The minimum Gasteiger partial charge on any atom is -0.358 e. The Hall–Kier alpha value is -1.23. The molecule has 0 saturated heterocycles. The topological polar surface area (TPSA) is 29.1 Å². The predicted octanol–water partition coefficient (Wildman–Crippen LogP) is 2.13. The molecule has 0 aliphatic carbocycles. The molecule has 15 heavy (non-hydrogen) atoms. The molecular formula is C9H7ClF3NO. The van der Waals surface area contributed by atoms with Crippen LogP contribution in [0.3, 0.4) is 0 Å². The summed E-state index contributed by atoms with van der Waals surface area (Å²) in [7, 11) is 1.30. The minimum absolute atomic E-state index is 0.350. The summed E-state index contributed by atoms with van der Waals surface area (Å²) in [6.45, 7) is 0. The van der Waals surface area contributed by atoms with E-state index in [9.17, 15) is 18.0 Å². The van der Waals surface area contributed by atoms with E-state index in [1.54, 1.807) is 0 Å². The molecule has 0 saturated carbocycles. The molecule has 1 amide bonds. The van der Waals surface area contributed by atoms with Crippen molar-refractivity contribution < 1.29 is 18.0 Å². The molecule has 6 heteroatoms. The lowest BCUT2D eigenvalue weighted by atomic mass is 10.1. The van der Waals surface area contributed by atoms with Gasteiger partial charge in [0.15, 0.2) is 11.6 Å². The maximum absolute atomic E-state index is 13.1. The van der Waals surface area contributed by atoms with Gasteiger partial charge in [0, 0.05) is 18.7 Å².